The Morgan fingerprint density at radius 1 is 0.733 bits per heavy atom. The third-order valence-electron chi connectivity index (χ3n) is 5.80. The van der Waals surface area contributed by atoms with E-state index in [9.17, 15) is 0 Å². The van der Waals surface area contributed by atoms with Crippen LogP contribution in [0.1, 0.15) is 28.7 Å². The zero-order valence-corrected chi connectivity index (χ0v) is 17.1. The van der Waals surface area contributed by atoms with E-state index in [0.717, 1.165) is 35.5 Å². The van der Waals surface area contributed by atoms with Gasteiger partial charge in [0.25, 0.3) is 0 Å². The monoisotopic (exact) mass is 392 g/mol. The second kappa shape index (κ2) is 8.08. The smallest absolute Gasteiger partial charge is 0.127 e. The summed E-state index contributed by atoms with van der Waals surface area (Å²) in [6.07, 6.45) is 1.86. The third-order valence-corrected chi connectivity index (χ3v) is 5.80. The number of hydrogen-bond donors (Lipinski definition) is 0. The minimum Gasteiger partial charge on any atom is -0.496 e. The summed E-state index contributed by atoms with van der Waals surface area (Å²) in [6.45, 7) is 0.564. The molecule has 0 saturated heterocycles. The molecule has 0 saturated carbocycles. The van der Waals surface area contributed by atoms with E-state index in [0.29, 0.717) is 6.61 Å². The molecule has 5 rings (SSSR count). The Morgan fingerprint density at radius 3 is 2.37 bits per heavy atom. The summed E-state index contributed by atoms with van der Waals surface area (Å²) in [7, 11) is 1.74. The summed E-state index contributed by atoms with van der Waals surface area (Å²) in [5, 5.41) is 2.38. The molecule has 0 amide bonds. The highest BCUT2D eigenvalue weighted by molar-refractivity contribution is 6.01. The van der Waals surface area contributed by atoms with E-state index in [1.807, 2.05) is 6.07 Å². The predicted octanol–water partition coefficient (Wildman–Crippen LogP) is 6.77. The fraction of sp³-hybridized carbons (Fsp3) is 0.143. The maximum absolute atomic E-state index is 6.47. The molecule has 2 heteroatoms. The first kappa shape index (κ1) is 18.5. The van der Waals surface area contributed by atoms with E-state index in [1.54, 1.807) is 7.11 Å². The Kier molecular flexibility index (Phi) is 4.98. The fourth-order valence-corrected chi connectivity index (χ4v) is 4.35. The zero-order valence-electron chi connectivity index (χ0n) is 17.1. The molecule has 2 nitrogen and oxygen atoms in total. The molecule has 1 aliphatic rings. The van der Waals surface area contributed by atoms with E-state index >= 15 is 0 Å². The molecule has 0 aromatic heterocycles. The van der Waals surface area contributed by atoms with Crippen molar-refractivity contribution in [2.45, 2.75) is 19.4 Å². The second-order valence-electron chi connectivity index (χ2n) is 7.59. The normalized spacial score (nSPS) is 13.2. The zero-order chi connectivity index (χ0) is 20.3. The van der Waals surface area contributed by atoms with Crippen molar-refractivity contribution in [3.05, 3.63) is 119 Å². The number of ether oxygens (including phenoxy) is 2. The molecule has 0 unspecified atom stereocenters. The van der Waals surface area contributed by atoms with Gasteiger partial charge in [-0.1, -0.05) is 84.9 Å². The van der Waals surface area contributed by atoms with Crippen LogP contribution in [-0.2, 0) is 17.8 Å². The van der Waals surface area contributed by atoms with Crippen molar-refractivity contribution in [2.75, 3.05) is 7.11 Å². The minimum absolute atomic E-state index is 0.564. The highest BCUT2D eigenvalue weighted by Gasteiger charge is 2.25. The lowest BCUT2D eigenvalue weighted by molar-refractivity contribution is 0.190. The molecule has 0 atom stereocenters. The highest BCUT2D eigenvalue weighted by atomic mass is 16.5. The lowest BCUT2D eigenvalue weighted by Crippen LogP contribution is -2.10. The molecule has 1 aliphatic carbocycles. The number of aryl methyl sites for hydroxylation is 1. The van der Waals surface area contributed by atoms with E-state index in [2.05, 4.69) is 84.9 Å². The lowest BCUT2D eigenvalue weighted by Gasteiger charge is -2.26. The van der Waals surface area contributed by atoms with E-state index in [4.69, 9.17) is 9.47 Å². The second-order valence-corrected chi connectivity index (χ2v) is 7.59. The maximum Gasteiger partial charge on any atom is 0.127 e. The van der Waals surface area contributed by atoms with Crippen LogP contribution in [0.25, 0.3) is 16.3 Å². The number of allylic oxidation sites excluding steroid dienone is 1. The Balaban J connectivity index is 1.72. The number of fused-ring (bicyclic) bond motifs is 2. The van der Waals surface area contributed by atoms with Crippen molar-refractivity contribution < 1.29 is 9.47 Å². The topological polar surface area (TPSA) is 18.5 Å². The molecule has 0 fully saturated rings. The van der Waals surface area contributed by atoms with Gasteiger partial charge in [-0.15, -0.1) is 0 Å². The fourth-order valence-electron chi connectivity index (χ4n) is 4.35. The first-order valence-electron chi connectivity index (χ1n) is 10.4. The minimum atomic E-state index is 0.564. The van der Waals surface area contributed by atoms with Gasteiger partial charge in [0.1, 0.15) is 18.1 Å². The van der Waals surface area contributed by atoms with Gasteiger partial charge >= 0.3 is 0 Å². The highest BCUT2D eigenvalue weighted by Crippen LogP contribution is 2.43. The van der Waals surface area contributed by atoms with Crippen LogP contribution in [0.5, 0.6) is 5.75 Å². The first-order chi connectivity index (χ1) is 14.8. The van der Waals surface area contributed by atoms with Crippen molar-refractivity contribution in [1.82, 2.24) is 0 Å². The Hall–Kier alpha value is -3.52. The summed E-state index contributed by atoms with van der Waals surface area (Å²) in [4.78, 5) is 0. The molecule has 0 spiro atoms. The van der Waals surface area contributed by atoms with Crippen molar-refractivity contribution in [3.8, 4) is 5.75 Å². The lowest BCUT2D eigenvalue weighted by atomic mass is 9.83. The summed E-state index contributed by atoms with van der Waals surface area (Å²) in [5.74, 6) is 1.91. The Bertz CT molecular complexity index is 1220. The molecule has 0 aliphatic heterocycles. The van der Waals surface area contributed by atoms with E-state index in [-0.39, 0.29) is 0 Å². The van der Waals surface area contributed by atoms with Crippen LogP contribution in [0.2, 0.25) is 0 Å². The van der Waals surface area contributed by atoms with Gasteiger partial charge in [-0.3, -0.25) is 0 Å². The largest absolute Gasteiger partial charge is 0.496 e. The van der Waals surface area contributed by atoms with Crippen molar-refractivity contribution in [2.24, 2.45) is 0 Å². The van der Waals surface area contributed by atoms with Crippen molar-refractivity contribution >= 4 is 16.3 Å². The van der Waals surface area contributed by atoms with Crippen LogP contribution in [0.3, 0.4) is 0 Å². The number of methoxy groups -OCH3 is 1. The van der Waals surface area contributed by atoms with Crippen LogP contribution < -0.4 is 4.74 Å². The van der Waals surface area contributed by atoms with Gasteiger partial charge in [0.05, 0.1) is 7.11 Å². The van der Waals surface area contributed by atoms with Gasteiger partial charge in [-0.2, -0.15) is 0 Å². The van der Waals surface area contributed by atoms with Crippen molar-refractivity contribution in [3.63, 3.8) is 0 Å². The predicted molar refractivity (Wildman–Crippen MR) is 123 cm³/mol. The Morgan fingerprint density at radius 2 is 1.50 bits per heavy atom. The van der Waals surface area contributed by atoms with Crippen LogP contribution in [-0.4, -0.2) is 7.11 Å². The quantitative estimate of drug-likeness (QED) is 0.373. The molecule has 0 radical (unpaired) electrons. The van der Waals surface area contributed by atoms with Gasteiger partial charge in [0, 0.05) is 17.6 Å². The van der Waals surface area contributed by atoms with Gasteiger partial charge < -0.3 is 9.47 Å². The van der Waals surface area contributed by atoms with Crippen LogP contribution in [0.15, 0.2) is 96.8 Å². The van der Waals surface area contributed by atoms with E-state index in [1.165, 1.54) is 27.5 Å². The molecule has 0 heterocycles. The number of rotatable bonds is 5. The van der Waals surface area contributed by atoms with E-state index < -0.39 is 0 Å². The molecule has 0 bridgehead atoms. The van der Waals surface area contributed by atoms with Crippen LogP contribution in [0.4, 0.5) is 0 Å². The average Bonchev–Trinajstić information content (AvgIpc) is 2.82. The standard InChI is InChI=1S/C28H24O2/c1-29-25-17-15-21-11-5-7-13-23(21)27(25)28-24-14-8-6-12-22(24)16-18-26(28)30-19-20-9-3-2-4-10-20/h2-15,17H,16,18-19H2,1H3. The van der Waals surface area contributed by atoms with Gasteiger partial charge in [0.15, 0.2) is 0 Å². The molecule has 0 N–H and O–H groups in total. The number of hydrogen-bond acceptors (Lipinski definition) is 2. The van der Waals surface area contributed by atoms with Crippen LogP contribution >= 0.6 is 0 Å². The third kappa shape index (κ3) is 3.35. The molecule has 30 heavy (non-hydrogen) atoms. The van der Waals surface area contributed by atoms with Gasteiger partial charge in [-0.25, -0.2) is 0 Å². The maximum atomic E-state index is 6.47. The van der Waals surface area contributed by atoms with Gasteiger partial charge in [-0.05, 0) is 39.9 Å². The SMILES string of the molecule is COc1ccc2ccccc2c1C1=C(OCc2ccccc2)CCc2ccccc21. The van der Waals surface area contributed by atoms with Gasteiger partial charge in [0.2, 0.25) is 0 Å². The summed E-state index contributed by atoms with van der Waals surface area (Å²) in [6, 6.07) is 31.7. The molecular formula is C28H24O2. The molecular weight excluding hydrogens is 368 g/mol. The number of benzene rings is 4. The average molecular weight is 392 g/mol. The summed E-state index contributed by atoms with van der Waals surface area (Å²) < 4.78 is 12.3. The molecule has 4 aromatic carbocycles. The van der Waals surface area contributed by atoms with Crippen molar-refractivity contribution in [1.29, 1.82) is 0 Å². The summed E-state index contributed by atoms with van der Waals surface area (Å²) in [5.41, 5.74) is 6.04. The van der Waals surface area contributed by atoms with Crippen LogP contribution in [0, 0.1) is 0 Å². The molecule has 148 valence electrons. The molecule has 4 aromatic rings. The first-order valence-corrected chi connectivity index (χ1v) is 10.4. The Labute approximate surface area is 177 Å². The summed E-state index contributed by atoms with van der Waals surface area (Å²) >= 11 is 0.